The molecule has 21 heavy (non-hydrogen) atoms. The zero-order chi connectivity index (χ0) is 14.8. The molecule has 106 valence electrons. The van der Waals surface area contributed by atoms with Crippen molar-refractivity contribution in [3.8, 4) is 5.75 Å². The number of halogens is 4. The Bertz CT molecular complexity index is 619. The maximum absolute atomic E-state index is 12.6. The van der Waals surface area contributed by atoms with Gasteiger partial charge < -0.3 is 17.7 Å². The van der Waals surface area contributed by atoms with Crippen molar-refractivity contribution < 1.29 is 69.1 Å². The van der Waals surface area contributed by atoms with Crippen molar-refractivity contribution in [1.82, 2.24) is 0 Å². The van der Waals surface area contributed by atoms with E-state index in [0.717, 1.165) is 23.3 Å². The van der Waals surface area contributed by atoms with Crippen molar-refractivity contribution >= 4 is 24.0 Å². The summed E-state index contributed by atoms with van der Waals surface area (Å²) in [5.41, 5.74) is 1.08. The monoisotopic (exact) mass is 338 g/mol. The van der Waals surface area contributed by atoms with Gasteiger partial charge in [-0.15, -0.1) is 5.46 Å². The second-order valence-electron chi connectivity index (χ2n) is 4.53. The van der Waals surface area contributed by atoms with Crippen LogP contribution in [0.5, 0.6) is 5.75 Å². The predicted octanol–water partition coefficient (Wildman–Crippen LogP) is 1.29. The zero-order valence-electron chi connectivity index (χ0n) is 11.7. The molecule has 0 aliphatic heterocycles. The molecule has 0 fully saturated rings. The van der Waals surface area contributed by atoms with Crippen molar-refractivity contribution in [3.05, 3.63) is 58.6 Å². The van der Waals surface area contributed by atoms with E-state index in [4.69, 9.17) is 16.3 Å². The Hall–Kier alpha value is 0.0213. The molecule has 7 heteroatoms. The normalized spacial score (nSPS) is 10.9. The van der Waals surface area contributed by atoms with Crippen LogP contribution in [0, 0.1) is 6.92 Å². The second-order valence-corrected chi connectivity index (χ2v) is 4.94. The summed E-state index contributed by atoms with van der Waals surface area (Å²) in [6.45, 7) is -2.97. The third-order valence-electron chi connectivity index (χ3n) is 2.84. The molecule has 0 spiro atoms. The number of hydrogen-bond acceptors (Lipinski definition) is 1. The molecule has 2 aromatic rings. The Morgan fingerprint density at radius 2 is 1.81 bits per heavy atom. The smallest absolute Gasteiger partial charge is 0.489 e. The maximum Gasteiger partial charge on any atom is 1.00 e. The van der Waals surface area contributed by atoms with Gasteiger partial charge in [-0.2, -0.15) is 0 Å². The summed E-state index contributed by atoms with van der Waals surface area (Å²) in [4.78, 5) is 0. The summed E-state index contributed by atoms with van der Waals surface area (Å²) in [7, 11) is 0. The first-order chi connectivity index (χ1) is 9.36. The molecular weight excluding hydrogens is 327 g/mol. The minimum atomic E-state index is -5.01. The van der Waals surface area contributed by atoms with E-state index >= 15 is 0 Å². The fourth-order valence-electron chi connectivity index (χ4n) is 1.74. The van der Waals surface area contributed by atoms with Gasteiger partial charge in [0.1, 0.15) is 12.4 Å². The van der Waals surface area contributed by atoms with Crippen molar-refractivity contribution in [1.29, 1.82) is 0 Å². The molecule has 0 bridgehead atoms. The van der Waals surface area contributed by atoms with E-state index in [9.17, 15) is 12.9 Å². The molecule has 0 heterocycles. The van der Waals surface area contributed by atoms with E-state index in [0.29, 0.717) is 5.02 Å². The number of aryl methyl sites for hydroxylation is 1. The van der Waals surface area contributed by atoms with Crippen molar-refractivity contribution in [2.45, 2.75) is 13.5 Å². The van der Waals surface area contributed by atoms with Crippen LogP contribution in [0.2, 0.25) is 5.02 Å². The van der Waals surface area contributed by atoms with Gasteiger partial charge in [0.25, 0.3) is 0 Å². The molecule has 2 rings (SSSR count). The molecule has 0 amide bonds. The minimum Gasteiger partial charge on any atom is -0.489 e. The van der Waals surface area contributed by atoms with Gasteiger partial charge in [-0.05, 0) is 30.7 Å². The van der Waals surface area contributed by atoms with E-state index in [1.807, 2.05) is 13.0 Å². The first kappa shape index (κ1) is 19.1. The summed E-state index contributed by atoms with van der Waals surface area (Å²) >= 11 is 6.04. The quantitative estimate of drug-likeness (QED) is 0.763. The summed E-state index contributed by atoms with van der Waals surface area (Å²) in [6, 6.07) is 10.3. The Morgan fingerprint density at radius 3 is 2.43 bits per heavy atom. The predicted molar refractivity (Wildman–Crippen MR) is 75.7 cm³/mol. The van der Waals surface area contributed by atoms with Crippen LogP contribution in [0.1, 0.15) is 11.1 Å². The summed E-state index contributed by atoms with van der Waals surface area (Å²) in [6.07, 6.45) is 0. The third-order valence-corrected chi connectivity index (χ3v) is 3.19. The number of rotatable bonds is 4. The molecule has 2 aromatic carbocycles. The van der Waals surface area contributed by atoms with Crippen molar-refractivity contribution in [2.75, 3.05) is 0 Å². The van der Waals surface area contributed by atoms with Crippen molar-refractivity contribution in [3.63, 3.8) is 0 Å². The number of benzene rings is 2. The first-order valence-electron chi connectivity index (χ1n) is 6.04. The molecule has 0 saturated heterocycles. The molecule has 0 unspecified atom stereocenters. The Balaban J connectivity index is 0.00000220. The van der Waals surface area contributed by atoms with Crippen LogP contribution in [0.15, 0.2) is 42.5 Å². The SMILES string of the molecule is Cc1ccc(COc2cccc([B-](F)(F)F)c2)c(Cl)c1.[K+]. The van der Waals surface area contributed by atoms with Gasteiger partial charge in [0.2, 0.25) is 0 Å². The minimum absolute atomic E-state index is 0. The molecule has 0 N–H and O–H groups in total. The van der Waals surface area contributed by atoms with Gasteiger partial charge in [0.05, 0.1) is 0 Å². The summed E-state index contributed by atoms with van der Waals surface area (Å²) < 4.78 is 43.3. The van der Waals surface area contributed by atoms with Gasteiger partial charge in [0, 0.05) is 10.6 Å². The van der Waals surface area contributed by atoms with Crippen LogP contribution in [-0.4, -0.2) is 6.98 Å². The summed E-state index contributed by atoms with van der Waals surface area (Å²) in [5, 5.41) is 0.543. The van der Waals surface area contributed by atoms with E-state index in [-0.39, 0.29) is 63.7 Å². The van der Waals surface area contributed by atoms with Gasteiger partial charge in [-0.3, -0.25) is 0 Å². The standard InChI is InChI=1S/C14H12BClF3O.K/c1-10-5-6-11(14(16)7-10)9-20-13-4-2-3-12(8-13)15(17,18)19;/h2-8H,9H2,1H3;/q-1;+1. The first-order valence-corrected chi connectivity index (χ1v) is 6.42. The second kappa shape index (κ2) is 8.04. The van der Waals surface area contributed by atoms with Crippen LogP contribution in [-0.2, 0) is 6.61 Å². The Kier molecular flexibility index (Phi) is 7.30. The fraction of sp³-hybridized carbons (Fsp3) is 0.143. The van der Waals surface area contributed by atoms with Gasteiger partial charge in [0.15, 0.2) is 0 Å². The fourth-order valence-corrected chi connectivity index (χ4v) is 2.03. The van der Waals surface area contributed by atoms with E-state index in [2.05, 4.69) is 0 Å². The van der Waals surface area contributed by atoms with E-state index < -0.39 is 12.4 Å². The molecule has 0 atom stereocenters. The average Bonchev–Trinajstić information content (AvgIpc) is 2.37. The van der Waals surface area contributed by atoms with E-state index in [1.54, 1.807) is 12.1 Å². The Morgan fingerprint density at radius 1 is 1.10 bits per heavy atom. The van der Waals surface area contributed by atoms with Crippen LogP contribution >= 0.6 is 11.6 Å². The third kappa shape index (κ3) is 5.62. The van der Waals surface area contributed by atoms with Crippen LogP contribution < -0.4 is 61.6 Å². The topological polar surface area (TPSA) is 9.23 Å². The Labute approximate surface area is 169 Å². The zero-order valence-corrected chi connectivity index (χ0v) is 15.6. The largest absolute Gasteiger partial charge is 1.00 e. The van der Waals surface area contributed by atoms with E-state index in [1.165, 1.54) is 12.1 Å². The van der Waals surface area contributed by atoms with Crippen LogP contribution in [0.25, 0.3) is 0 Å². The molecular formula is C14H12BClF3KO. The molecule has 0 aliphatic carbocycles. The molecule has 1 nitrogen and oxygen atoms in total. The van der Waals surface area contributed by atoms with Crippen molar-refractivity contribution in [2.24, 2.45) is 0 Å². The number of hydrogen-bond donors (Lipinski definition) is 0. The van der Waals surface area contributed by atoms with Gasteiger partial charge in [-0.25, -0.2) is 0 Å². The van der Waals surface area contributed by atoms with Gasteiger partial charge in [-0.1, -0.05) is 35.9 Å². The molecule has 0 aromatic heterocycles. The molecule has 0 radical (unpaired) electrons. The van der Waals surface area contributed by atoms with Crippen LogP contribution in [0.4, 0.5) is 12.9 Å². The molecule has 0 saturated carbocycles. The summed E-state index contributed by atoms with van der Waals surface area (Å²) in [5.74, 6) is 0.179. The average molecular weight is 339 g/mol. The maximum atomic E-state index is 12.6. The number of ether oxygens (including phenoxy) is 1. The van der Waals surface area contributed by atoms with Crippen LogP contribution in [0.3, 0.4) is 0 Å². The van der Waals surface area contributed by atoms with Gasteiger partial charge >= 0.3 is 58.4 Å². The molecule has 0 aliphatic rings.